The molecule has 0 amide bonds. The van der Waals surface area contributed by atoms with Crippen molar-refractivity contribution in [2.75, 3.05) is 0 Å². The summed E-state index contributed by atoms with van der Waals surface area (Å²) >= 11 is 0. The number of rotatable bonds is 5. The third-order valence-corrected chi connectivity index (χ3v) is 4.15. The van der Waals surface area contributed by atoms with E-state index in [1.165, 1.54) is 44.9 Å². The summed E-state index contributed by atoms with van der Waals surface area (Å²) in [5.74, 6) is 0.917. The summed E-state index contributed by atoms with van der Waals surface area (Å²) in [6.45, 7) is 0. The van der Waals surface area contributed by atoms with Crippen LogP contribution in [0.1, 0.15) is 57.8 Å². The van der Waals surface area contributed by atoms with E-state index in [4.69, 9.17) is 5.11 Å². The van der Waals surface area contributed by atoms with Crippen molar-refractivity contribution in [2.24, 2.45) is 17.8 Å². The fourth-order valence-electron chi connectivity index (χ4n) is 3.01. The second kappa shape index (κ2) is 7.03. The molecule has 2 saturated carbocycles. The van der Waals surface area contributed by atoms with Gasteiger partial charge in [0.05, 0.1) is 5.92 Å². The van der Waals surface area contributed by atoms with Crippen molar-refractivity contribution in [3.05, 3.63) is 0 Å². The summed E-state index contributed by atoms with van der Waals surface area (Å²) in [6.07, 6.45) is 11.8. The van der Waals surface area contributed by atoms with Crippen LogP contribution in [-0.4, -0.2) is 40.6 Å². The molecule has 2 nitrogen and oxygen atoms in total. The molecule has 2 atom stereocenters. The monoisotopic (exact) mass is 234 g/mol. The Labute approximate surface area is 120 Å². The van der Waals surface area contributed by atoms with Crippen LogP contribution in [0, 0.1) is 17.8 Å². The second-order valence-corrected chi connectivity index (χ2v) is 5.38. The molecule has 0 aromatic heterocycles. The maximum absolute atomic E-state index is 10.6. The molecule has 88 valence electrons. The molecule has 0 radical (unpaired) electrons. The Morgan fingerprint density at radius 2 is 1.81 bits per heavy atom. The first-order valence-corrected chi connectivity index (χ1v) is 6.50. The maximum atomic E-state index is 10.6. The van der Waals surface area contributed by atoms with Crippen molar-refractivity contribution in [1.82, 2.24) is 0 Å². The Hall–Kier alpha value is 0.470. The molecular formula is C13H23NaO2. The molecule has 2 rings (SSSR count). The van der Waals surface area contributed by atoms with Gasteiger partial charge in [-0.2, -0.15) is 0 Å². The van der Waals surface area contributed by atoms with Crippen LogP contribution in [-0.2, 0) is 4.79 Å². The number of hydrogen-bond donors (Lipinski definition) is 1. The summed E-state index contributed by atoms with van der Waals surface area (Å²) in [6, 6.07) is 0. The average molecular weight is 234 g/mol. The van der Waals surface area contributed by atoms with Crippen LogP contribution < -0.4 is 0 Å². The number of carbonyl (C=O) groups is 1. The van der Waals surface area contributed by atoms with E-state index in [1.54, 1.807) is 0 Å². The zero-order valence-electron chi connectivity index (χ0n) is 9.45. The van der Waals surface area contributed by atoms with E-state index in [-0.39, 0.29) is 35.5 Å². The summed E-state index contributed by atoms with van der Waals surface area (Å²) in [5.41, 5.74) is 0. The molecule has 2 fully saturated rings. The number of aliphatic carboxylic acids is 1. The van der Waals surface area contributed by atoms with E-state index in [9.17, 15) is 4.79 Å². The van der Waals surface area contributed by atoms with Gasteiger partial charge in [0.15, 0.2) is 0 Å². The van der Waals surface area contributed by atoms with E-state index < -0.39 is 5.97 Å². The molecule has 16 heavy (non-hydrogen) atoms. The quantitative estimate of drug-likeness (QED) is 0.743. The standard InChI is InChI=1S/C13H22O2.Na.H/c14-13(15)12-9-11(12)8-4-7-10-5-2-1-3-6-10;;/h10-12H,1-9H2,(H,14,15);;. The first-order valence-electron chi connectivity index (χ1n) is 6.50. The Balaban J connectivity index is 0.00000128. The third kappa shape index (κ3) is 4.38. The molecule has 2 unspecified atom stereocenters. The Kier molecular flexibility index (Phi) is 6.38. The van der Waals surface area contributed by atoms with Crippen molar-refractivity contribution < 1.29 is 9.90 Å². The van der Waals surface area contributed by atoms with Gasteiger partial charge in [-0.25, -0.2) is 0 Å². The molecular weight excluding hydrogens is 211 g/mol. The van der Waals surface area contributed by atoms with Crippen molar-refractivity contribution >= 4 is 35.5 Å². The van der Waals surface area contributed by atoms with Gasteiger partial charge < -0.3 is 5.11 Å². The Morgan fingerprint density at radius 3 is 2.38 bits per heavy atom. The molecule has 0 bridgehead atoms. The van der Waals surface area contributed by atoms with Crippen molar-refractivity contribution in [3.63, 3.8) is 0 Å². The molecule has 0 spiro atoms. The first kappa shape index (κ1) is 14.5. The van der Waals surface area contributed by atoms with Gasteiger partial charge in [-0.05, 0) is 24.7 Å². The fourth-order valence-corrected chi connectivity index (χ4v) is 3.01. The van der Waals surface area contributed by atoms with Crippen LogP contribution in [0.5, 0.6) is 0 Å². The minimum atomic E-state index is -0.572. The average Bonchev–Trinajstić information content (AvgIpc) is 2.99. The summed E-state index contributed by atoms with van der Waals surface area (Å²) < 4.78 is 0. The molecule has 0 saturated heterocycles. The molecule has 2 aliphatic carbocycles. The van der Waals surface area contributed by atoms with Crippen LogP contribution in [0.2, 0.25) is 0 Å². The van der Waals surface area contributed by atoms with Gasteiger partial charge in [-0.3, -0.25) is 4.79 Å². The zero-order valence-corrected chi connectivity index (χ0v) is 9.45. The molecule has 1 N–H and O–H groups in total. The number of carboxylic acids is 1. The normalized spacial score (nSPS) is 29.5. The predicted molar refractivity (Wildman–Crippen MR) is 66.8 cm³/mol. The summed E-state index contributed by atoms with van der Waals surface area (Å²) in [7, 11) is 0. The van der Waals surface area contributed by atoms with Crippen molar-refractivity contribution in [2.45, 2.75) is 57.8 Å². The second-order valence-electron chi connectivity index (χ2n) is 5.38. The Bertz CT molecular complexity index is 224. The van der Waals surface area contributed by atoms with Gasteiger partial charge in [0.2, 0.25) is 0 Å². The molecule has 0 aliphatic heterocycles. The predicted octanol–water partition coefficient (Wildman–Crippen LogP) is 2.81. The first-order chi connectivity index (χ1) is 7.27. The van der Waals surface area contributed by atoms with Crippen molar-refractivity contribution in [3.8, 4) is 0 Å². The van der Waals surface area contributed by atoms with Crippen LogP contribution in [0.25, 0.3) is 0 Å². The van der Waals surface area contributed by atoms with Gasteiger partial charge in [-0.15, -0.1) is 0 Å². The van der Waals surface area contributed by atoms with E-state index in [0.29, 0.717) is 5.92 Å². The van der Waals surface area contributed by atoms with Crippen LogP contribution >= 0.6 is 0 Å². The topological polar surface area (TPSA) is 37.3 Å². The van der Waals surface area contributed by atoms with E-state index in [0.717, 1.165) is 18.8 Å². The van der Waals surface area contributed by atoms with E-state index >= 15 is 0 Å². The van der Waals surface area contributed by atoms with Gasteiger partial charge in [-0.1, -0.05) is 44.9 Å². The summed E-state index contributed by atoms with van der Waals surface area (Å²) in [5, 5.41) is 8.77. The zero-order chi connectivity index (χ0) is 10.7. The fraction of sp³-hybridized carbons (Fsp3) is 0.923. The summed E-state index contributed by atoms with van der Waals surface area (Å²) in [4.78, 5) is 10.6. The van der Waals surface area contributed by atoms with Crippen LogP contribution in [0.3, 0.4) is 0 Å². The van der Waals surface area contributed by atoms with Gasteiger partial charge in [0.1, 0.15) is 0 Å². The van der Waals surface area contributed by atoms with Gasteiger partial charge in [0, 0.05) is 0 Å². The molecule has 0 aromatic rings. The van der Waals surface area contributed by atoms with Crippen LogP contribution in [0.15, 0.2) is 0 Å². The van der Waals surface area contributed by atoms with Crippen molar-refractivity contribution in [1.29, 1.82) is 0 Å². The van der Waals surface area contributed by atoms with Crippen LogP contribution in [0.4, 0.5) is 0 Å². The molecule has 3 heteroatoms. The van der Waals surface area contributed by atoms with Gasteiger partial charge in [0.25, 0.3) is 0 Å². The Morgan fingerprint density at radius 1 is 1.12 bits per heavy atom. The third-order valence-electron chi connectivity index (χ3n) is 4.15. The minimum absolute atomic E-state index is 0. The van der Waals surface area contributed by atoms with Gasteiger partial charge >= 0.3 is 35.5 Å². The number of carboxylic acid groups (broad SMARTS) is 1. The molecule has 0 aromatic carbocycles. The molecule has 0 heterocycles. The SMILES string of the molecule is O=C(O)C1CC1CCCC1CCCCC1.[NaH]. The van der Waals surface area contributed by atoms with E-state index in [2.05, 4.69) is 0 Å². The number of hydrogen-bond acceptors (Lipinski definition) is 1. The van der Waals surface area contributed by atoms with E-state index in [1.807, 2.05) is 0 Å². The molecule has 2 aliphatic rings.